The number of anilines is 2. The zero-order valence-electron chi connectivity index (χ0n) is 16.4. The summed E-state index contributed by atoms with van der Waals surface area (Å²) in [4.78, 5) is 21.7. The number of amides is 1. The summed E-state index contributed by atoms with van der Waals surface area (Å²) in [5.74, 6) is 0.707. The van der Waals surface area contributed by atoms with Gasteiger partial charge in [0.05, 0.1) is 24.3 Å². The summed E-state index contributed by atoms with van der Waals surface area (Å²) in [5.41, 5.74) is 2.28. The fraction of sp³-hybridized carbons (Fsp3) is 0.409. The van der Waals surface area contributed by atoms with Gasteiger partial charge in [0.25, 0.3) is 5.91 Å². The first-order valence-corrected chi connectivity index (χ1v) is 10.1. The van der Waals surface area contributed by atoms with Crippen LogP contribution in [0.25, 0.3) is 0 Å². The lowest BCUT2D eigenvalue weighted by Crippen LogP contribution is -2.45. The minimum absolute atomic E-state index is 0.0268. The van der Waals surface area contributed by atoms with Crippen molar-refractivity contribution in [3.8, 4) is 6.07 Å². The zero-order chi connectivity index (χ0) is 20.1. The standard InChI is InChI=1S/C22H25N5O2/c23-16-17-4-3-9-24-21(17)27-10-7-18(8-11-27)25-22(28)19-5-1-2-6-20(19)26-12-14-29-15-13-26/h1-6,9,18H,7-8,10-15H2,(H,25,28). The minimum Gasteiger partial charge on any atom is -0.378 e. The van der Waals surface area contributed by atoms with E-state index in [1.807, 2.05) is 24.3 Å². The normalized spacial score (nSPS) is 17.6. The van der Waals surface area contributed by atoms with Crippen molar-refractivity contribution in [2.24, 2.45) is 0 Å². The zero-order valence-corrected chi connectivity index (χ0v) is 16.4. The predicted molar refractivity (Wildman–Crippen MR) is 111 cm³/mol. The summed E-state index contributed by atoms with van der Waals surface area (Å²) in [6, 6.07) is 13.7. The van der Waals surface area contributed by atoms with Gasteiger partial charge < -0.3 is 19.9 Å². The van der Waals surface area contributed by atoms with E-state index in [4.69, 9.17) is 4.74 Å². The van der Waals surface area contributed by atoms with Crippen molar-refractivity contribution in [3.63, 3.8) is 0 Å². The van der Waals surface area contributed by atoms with Gasteiger partial charge in [-0.3, -0.25) is 4.79 Å². The van der Waals surface area contributed by atoms with E-state index < -0.39 is 0 Å². The Morgan fingerprint density at radius 1 is 1.07 bits per heavy atom. The summed E-state index contributed by atoms with van der Waals surface area (Å²) < 4.78 is 5.43. The molecule has 1 amide bonds. The molecule has 2 aliphatic rings. The van der Waals surface area contributed by atoms with Crippen LogP contribution in [-0.4, -0.2) is 56.3 Å². The summed E-state index contributed by atoms with van der Waals surface area (Å²) in [6.07, 6.45) is 3.37. The average molecular weight is 391 g/mol. The molecule has 7 nitrogen and oxygen atoms in total. The van der Waals surface area contributed by atoms with Gasteiger partial charge in [0, 0.05) is 44.1 Å². The van der Waals surface area contributed by atoms with Crippen molar-refractivity contribution in [2.45, 2.75) is 18.9 Å². The molecule has 1 aromatic carbocycles. The second-order valence-corrected chi connectivity index (χ2v) is 7.34. The van der Waals surface area contributed by atoms with E-state index in [9.17, 15) is 10.1 Å². The number of benzene rings is 1. The molecule has 2 saturated heterocycles. The summed E-state index contributed by atoms with van der Waals surface area (Å²) in [5, 5.41) is 12.5. The van der Waals surface area contributed by atoms with E-state index >= 15 is 0 Å². The Balaban J connectivity index is 1.39. The third-order valence-corrected chi connectivity index (χ3v) is 5.54. The highest BCUT2D eigenvalue weighted by molar-refractivity contribution is 6.00. The van der Waals surface area contributed by atoms with Crippen molar-refractivity contribution in [1.82, 2.24) is 10.3 Å². The molecule has 0 aliphatic carbocycles. The highest BCUT2D eigenvalue weighted by Crippen LogP contribution is 2.24. The van der Waals surface area contributed by atoms with Crippen molar-refractivity contribution in [1.29, 1.82) is 5.26 Å². The van der Waals surface area contributed by atoms with Gasteiger partial charge in [-0.15, -0.1) is 0 Å². The highest BCUT2D eigenvalue weighted by atomic mass is 16.5. The molecule has 4 rings (SSSR count). The van der Waals surface area contributed by atoms with E-state index in [2.05, 4.69) is 26.2 Å². The molecule has 0 atom stereocenters. The van der Waals surface area contributed by atoms with Gasteiger partial charge in [-0.25, -0.2) is 4.98 Å². The number of carbonyl (C=O) groups excluding carboxylic acids is 1. The first-order chi connectivity index (χ1) is 14.3. The molecule has 7 heteroatoms. The Morgan fingerprint density at radius 2 is 1.83 bits per heavy atom. The molecule has 0 radical (unpaired) electrons. The Labute approximate surface area is 170 Å². The van der Waals surface area contributed by atoms with Gasteiger partial charge in [-0.1, -0.05) is 12.1 Å². The van der Waals surface area contributed by atoms with E-state index in [1.54, 1.807) is 18.3 Å². The van der Waals surface area contributed by atoms with Gasteiger partial charge >= 0.3 is 0 Å². The molecule has 2 fully saturated rings. The van der Waals surface area contributed by atoms with Gasteiger partial charge in [-0.05, 0) is 37.1 Å². The monoisotopic (exact) mass is 391 g/mol. The van der Waals surface area contributed by atoms with Crippen molar-refractivity contribution < 1.29 is 9.53 Å². The second kappa shape index (κ2) is 8.93. The molecule has 1 aromatic heterocycles. The summed E-state index contributed by atoms with van der Waals surface area (Å²) in [6.45, 7) is 4.50. The van der Waals surface area contributed by atoms with Gasteiger partial charge in [0.2, 0.25) is 0 Å². The molecule has 0 saturated carbocycles. The largest absolute Gasteiger partial charge is 0.378 e. The van der Waals surface area contributed by atoms with E-state index in [1.165, 1.54) is 0 Å². The molecule has 0 spiro atoms. The molecule has 1 N–H and O–H groups in total. The van der Waals surface area contributed by atoms with Gasteiger partial charge in [0.1, 0.15) is 11.9 Å². The number of pyridine rings is 1. The Kier molecular flexibility index (Phi) is 5.92. The van der Waals surface area contributed by atoms with Crippen LogP contribution < -0.4 is 15.1 Å². The number of nitrogens with one attached hydrogen (secondary N) is 1. The quantitative estimate of drug-likeness (QED) is 0.860. The molecule has 3 heterocycles. The van der Waals surface area contributed by atoms with Crippen LogP contribution in [0.4, 0.5) is 11.5 Å². The third kappa shape index (κ3) is 4.33. The summed E-state index contributed by atoms with van der Waals surface area (Å²) in [7, 11) is 0. The smallest absolute Gasteiger partial charge is 0.253 e. The molecular formula is C22H25N5O2. The first-order valence-electron chi connectivity index (χ1n) is 10.1. The van der Waals surface area contributed by atoms with Gasteiger partial charge in [-0.2, -0.15) is 5.26 Å². The Morgan fingerprint density at radius 3 is 2.59 bits per heavy atom. The number of nitrogens with zero attached hydrogens (tertiary/aromatic N) is 4. The molecule has 2 aliphatic heterocycles. The summed E-state index contributed by atoms with van der Waals surface area (Å²) >= 11 is 0. The molecular weight excluding hydrogens is 366 g/mol. The number of morpholine rings is 1. The van der Waals surface area contributed by atoms with Crippen LogP contribution in [0.5, 0.6) is 0 Å². The van der Waals surface area contributed by atoms with Crippen LogP contribution in [-0.2, 0) is 4.74 Å². The topological polar surface area (TPSA) is 81.5 Å². The lowest BCUT2D eigenvalue weighted by Gasteiger charge is -2.34. The Bertz CT molecular complexity index is 896. The maximum atomic E-state index is 13.0. The van der Waals surface area contributed by atoms with Crippen LogP contribution >= 0.6 is 0 Å². The van der Waals surface area contributed by atoms with E-state index in [-0.39, 0.29) is 11.9 Å². The fourth-order valence-corrected chi connectivity index (χ4v) is 3.98. The molecule has 29 heavy (non-hydrogen) atoms. The maximum absolute atomic E-state index is 13.0. The minimum atomic E-state index is -0.0268. The number of carbonyl (C=O) groups is 1. The van der Waals surface area contributed by atoms with Crippen molar-refractivity contribution in [3.05, 3.63) is 53.7 Å². The number of rotatable bonds is 4. The maximum Gasteiger partial charge on any atom is 0.253 e. The van der Waals surface area contributed by atoms with Crippen LogP contribution in [0.3, 0.4) is 0 Å². The molecule has 0 bridgehead atoms. The number of hydrogen-bond donors (Lipinski definition) is 1. The molecule has 2 aromatic rings. The fourth-order valence-electron chi connectivity index (χ4n) is 3.98. The lowest BCUT2D eigenvalue weighted by molar-refractivity contribution is 0.0929. The van der Waals surface area contributed by atoms with Gasteiger partial charge in [0.15, 0.2) is 0 Å². The SMILES string of the molecule is N#Cc1cccnc1N1CCC(NC(=O)c2ccccc2N2CCOCC2)CC1. The molecule has 0 unspecified atom stereocenters. The van der Waals surface area contributed by atoms with Crippen LogP contribution in [0, 0.1) is 11.3 Å². The number of piperidine rings is 1. The number of aromatic nitrogens is 1. The van der Waals surface area contributed by atoms with E-state index in [0.717, 1.165) is 50.5 Å². The van der Waals surface area contributed by atoms with Crippen LogP contribution in [0.2, 0.25) is 0 Å². The lowest BCUT2D eigenvalue weighted by atomic mass is 10.0. The first kappa shape index (κ1) is 19.2. The number of ether oxygens (including phenoxy) is 1. The Hall–Kier alpha value is -3.11. The van der Waals surface area contributed by atoms with Crippen LogP contribution in [0.15, 0.2) is 42.6 Å². The van der Waals surface area contributed by atoms with Crippen molar-refractivity contribution in [2.75, 3.05) is 49.2 Å². The number of nitriles is 1. The third-order valence-electron chi connectivity index (χ3n) is 5.54. The highest BCUT2D eigenvalue weighted by Gasteiger charge is 2.25. The predicted octanol–water partition coefficient (Wildman–Crippen LogP) is 2.19. The van der Waals surface area contributed by atoms with Crippen molar-refractivity contribution >= 4 is 17.4 Å². The van der Waals surface area contributed by atoms with Crippen LogP contribution in [0.1, 0.15) is 28.8 Å². The number of para-hydroxylation sites is 1. The van der Waals surface area contributed by atoms with E-state index in [0.29, 0.717) is 24.3 Å². The number of hydrogen-bond acceptors (Lipinski definition) is 6. The second-order valence-electron chi connectivity index (χ2n) is 7.34. The average Bonchev–Trinajstić information content (AvgIpc) is 2.80. The molecule has 150 valence electrons.